The number of hydrogen-bond acceptors (Lipinski definition) is 5. The maximum Gasteiger partial charge on any atom is 0.295 e. The lowest BCUT2D eigenvalue weighted by molar-refractivity contribution is -0.770. The van der Waals surface area contributed by atoms with E-state index in [1.165, 1.54) is 0 Å². The van der Waals surface area contributed by atoms with Crippen LogP contribution in [0.2, 0.25) is 0 Å². The van der Waals surface area contributed by atoms with E-state index in [1.807, 2.05) is 6.92 Å². The van der Waals surface area contributed by atoms with E-state index < -0.39 is 11.2 Å². The van der Waals surface area contributed by atoms with Crippen LogP contribution in [-0.4, -0.2) is 11.6 Å². The van der Waals surface area contributed by atoms with Gasteiger partial charge in [-0.25, -0.2) is 0 Å². The summed E-state index contributed by atoms with van der Waals surface area (Å²) in [5, 5.41) is 11.9. The Kier molecular flexibility index (Phi) is 3.73. The fourth-order valence-corrected chi connectivity index (χ4v) is 1.15. The van der Waals surface area contributed by atoms with Gasteiger partial charge < -0.3 is 4.84 Å². The predicted octanol–water partition coefficient (Wildman–Crippen LogP) is 2.01. The van der Waals surface area contributed by atoms with Crippen LogP contribution < -0.4 is 0 Å². The summed E-state index contributed by atoms with van der Waals surface area (Å²) in [7, 11) is 0. The molecule has 80 valence electrons. The summed E-state index contributed by atoms with van der Waals surface area (Å²) >= 11 is 0. The van der Waals surface area contributed by atoms with Crippen LogP contribution in [-0.2, 0) is 4.84 Å². The van der Waals surface area contributed by atoms with Crippen LogP contribution >= 0.6 is 0 Å². The molecule has 1 aromatic rings. The first-order valence-corrected chi connectivity index (χ1v) is 4.30. The summed E-state index contributed by atoms with van der Waals surface area (Å²) in [4.78, 5) is 24.6. The Hall–Kier alpha value is -1.98. The Morgan fingerprint density at radius 1 is 1.47 bits per heavy atom. The van der Waals surface area contributed by atoms with Crippen molar-refractivity contribution in [3.05, 3.63) is 50.4 Å². The van der Waals surface area contributed by atoms with Crippen molar-refractivity contribution in [1.82, 2.24) is 0 Å². The van der Waals surface area contributed by atoms with E-state index in [0.717, 1.165) is 5.56 Å². The van der Waals surface area contributed by atoms with Crippen LogP contribution in [0.5, 0.6) is 0 Å². The van der Waals surface area contributed by atoms with Crippen LogP contribution in [0.15, 0.2) is 29.4 Å². The molecule has 1 rings (SSSR count). The zero-order valence-corrected chi connectivity index (χ0v) is 8.12. The van der Waals surface area contributed by atoms with Crippen LogP contribution in [0.25, 0.3) is 0 Å². The number of benzene rings is 1. The van der Waals surface area contributed by atoms with Crippen molar-refractivity contribution in [1.29, 1.82) is 0 Å². The number of rotatable bonds is 5. The average molecular weight is 210 g/mol. The molecule has 0 aromatic heterocycles. The Bertz CT molecular complexity index is 350. The third kappa shape index (κ3) is 3.34. The van der Waals surface area contributed by atoms with Crippen molar-refractivity contribution in [2.75, 3.05) is 6.54 Å². The summed E-state index contributed by atoms with van der Waals surface area (Å²) in [6.45, 7) is 1.62. The zero-order valence-electron chi connectivity index (χ0n) is 8.12. The van der Waals surface area contributed by atoms with E-state index >= 15 is 0 Å². The molecular weight excluding hydrogens is 200 g/mol. The first kappa shape index (κ1) is 11.1. The van der Waals surface area contributed by atoms with Crippen molar-refractivity contribution < 1.29 is 9.92 Å². The van der Waals surface area contributed by atoms with Gasteiger partial charge in [-0.05, 0) is 12.5 Å². The summed E-state index contributed by atoms with van der Waals surface area (Å²) in [5.74, 6) is 0. The molecule has 0 saturated heterocycles. The standard InChI is InChI=1S/C9H10N2O4/c1-7-2-4-8(5-3-7)9(6-10-12)15-11(13)14/h2-5,9H,6H2,1H3. The van der Waals surface area contributed by atoms with Crippen LogP contribution in [0.4, 0.5) is 0 Å². The summed E-state index contributed by atoms with van der Waals surface area (Å²) in [6, 6.07) is 6.93. The highest BCUT2D eigenvalue weighted by atomic mass is 17.0. The van der Waals surface area contributed by atoms with E-state index in [9.17, 15) is 15.0 Å². The molecule has 0 radical (unpaired) electrons. The summed E-state index contributed by atoms with van der Waals surface area (Å²) in [5.41, 5.74) is 1.59. The molecule has 1 aromatic carbocycles. The second-order valence-electron chi connectivity index (χ2n) is 3.04. The lowest BCUT2D eigenvalue weighted by atomic mass is 10.1. The van der Waals surface area contributed by atoms with E-state index in [-0.39, 0.29) is 6.54 Å². The summed E-state index contributed by atoms with van der Waals surface area (Å²) < 4.78 is 0. The minimum Gasteiger partial charge on any atom is -0.304 e. The molecule has 6 heteroatoms. The minimum atomic E-state index is -0.921. The van der Waals surface area contributed by atoms with Crippen molar-refractivity contribution >= 4 is 0 Å². The molecule has 0 N–H and O–H groups in total. The van der Waals surface area contributed by atoms with Crippen molar-refractivity contribution in [3.63, 3.8) is 0 Å². The van der Waals surface area contributed by atoms with Gasteiger partial charge in [-0.2, -0.15) is 4.91 Å². The molecule has 0 aliphatic rings. The third-order valence-corrected chi connectivity index (χ3v) is 1.90. The molecule has 0 saturated carbocycles. The first-order valence-electron chi connectivity index (χ1n) is 4.30. The smallest absolute Gasteiger partial charge is 0.295 e. The van der Waals surface area contributed by atoms with E-state index in [4.69, 9.17) is 0 Å². The third-order valence-electron chi connectivity index (χ3n) is 1.90. The molecule has 15 heavy (non-hydrogen) atoms. The minimum absolute atomic E-state index is 0.274. The molecule has 0 heterocycles. The second-order valence-corrected chi connectivity index (χ2v) is 3.04. The molecule has 1 unspecified atom stereocenters. The summed E-state index contributed by atoms with van der Waals surface area (Å²) in [6.07, 6.45) is -0.918. The molecule has 0 amide bonds. The number of aryl methyl sites for hydroxylation is 1. The lowest BCUT2D eigenvalue weighted by Gasteiger charge is -2.11. The second kappa shape index (κ2) is 5.04. The Morgan fingerprint density at radius 2 is 2.07 bits per heavy atom. The number of nitrogens with zero attached hydrogens (tertiary/aromatic N) is 2. The van der Waals surface area contributed by atoms with Crippen molar-refractivity contribution in [2.45, 2.75) is 13.0 Å². The van der Waals surface area contributed by atoms with Crippen LogP contribution in [0.3, 0.4) is 0 Å². The van der Waals surface area contributed by atoms with Gasteiger partial charge >= 0.3 is 0 Å². The molecule has 0 aliphatic heterocycles. The molecule has 0 bridgehead atoms. The van der Waals surface area contributed by atoms with Gasteiger partial charge in [0.15, 0.2) is 6.10 Å². The Labute approximate surface area is 85.9 Å². The fourth-order valence-electron chi connectivity index (χ4n) is 1.15. The van der Waals surface area contributed by atoms with Crippen molar-refractivity contribution in [2.24, 2.45) is 5.18 Å². The maximum absolute atomic E-state index is 10.2. The highest BCUT2D eigenvalue weighted by Gasteiger charge is 2.15. The molecule has 1 atom stereocenters. The zero-order chi connectivity index (χ0) is 11.3. The van der Waals surface area contributed by atoms with Gasteiger partial charge in [0.1, 0.15) is 6.54 Å². The number of hydrogen-bond donors (Lipinski definition) is 0. The van der Waals surface area contributed by atoms with E-state index in [2.05, 4.69) is 10.0 Å². The Balaban J connectivity index is 2.83. The first-order chi connectivity index (χ1) is 7.13. The normalized spacial score (nSPS) is 11.8. The topological polar surface area (TPSA) is 81.8 Å². The van der Waals surface area contributed by atoms with Crippen molar-refractivity contribution in [3.8, 4) is 0 Å². The molecule has 6 nitrogen and oxygen atoms in total. The van der Waals surface area contributed by atoms with Gasteiger partial charge in [-0.1, -0.05) is 35.0 Å². The molecular formula is C9H10N2O4. The number of nitroso groups, excluding NO2 is 1. The van der Waals surface area contributed by atoms with E-state index in [0.29, 0.717) is 5.56 Å². The SMILES string of the molecule is Cc1ccc(C(CN=O)O[N+](=O)[O-])cc1. The molecule has 0 aliphatic carbocycles. The van der Waals surface area contributed by atoms with Crippen LogP contribution in [0, 0.1) is 21.9 Å². The quantitative estimate of drug-likeness (QED) is 0.423. The maximum atomic E-state index is 10.2. The highest BCUT2D eigenvalue weighted by molar-refractivity contribution is 5.23. The average Bonchev–Trinajstić information content (AvgIpc) is 2.17. The van der Waals surface area contributed by atoms with E-state index in [1.54, 1.807) is 24.3 Å². The monoisotopic (exact) mass is 210 g/mol. The lowest BCUT2D eigenvalue weighted by Crippen LogP contribution is -2.12. The van der Waals surface area contributed by atoms with Gasteiger partial charge in [-0.15, -0.1) is 10.1 Å². The fraction of sp³-hybridized carbons (Fsp3) is 0.333. The predicted molar refractivity (Wildman–Crippen MR) is 52.7 cm³/mol. The molecule has 0 fully saturated rings. The largest absolute Gasteiger partial charge is 0.304 e. The van der Waals surface area contributed by atoms with Gasteiger partial charge in [0.2, 0.25) is 0 Å². The van der Waals surface area contributed by atoms with Crippen LogP contribution in [0.1, 0.15) is 17.2 Å². The molecule has 0 spiro atoms. The van der Waals surface area contributed by atoms with Gasteiger partial charge in [0.25, 0.3) is 5.09 Å². The highest BCUT2D eigenvalue weighted by Crippen LogP contribution is 2.18. The Morgan fingerprint density at radius 3 is 2.53 bits per heavy atom. The van der Waals surface area contributed by atoms with Gasteiger partial charge in [0.05, 0.1) is 0 Å². The van der Waals surface area contributed by atoms with Gasteiger partial charge in [0, 0.05) is 0 Å². The van der Waals surface area contributed by atoms with Gasteiger partial charge in [-0.3, -0.25) is 0 Å².